The minimum Gasteiger partial charge on any atom is -0.250 e. The minimum atomic E-state index is -1.38. The number of rotatable bonds is 3. The van der Waals surface area contributed by atoms with E-state index in [1.54, 1.807) is 0 Å². The summed E-state index contributed by atoms with van der Waals surface area (Å²) in [5, 5.41) is 11.2. The largest absolute Gasteiger partial charge is 0.250 e. The van der Waals surface area contributed by atoms with Crippen LogP contribution in [0.15, 0.2) is 35.5 Å². The predicted octanol–water partition coefficient (Wildman–Crippen LogP) is 0.966. The van der Waals surface area contributed by atoms with E-state index in [0.29, 0.717) is 0 Å². The average Bonchev–Trinajstić information content (AvgIpc) is 2.78. The first-order valence-corrected chi connectivity index (χ1v) is 5.96. The molecular formula is C8H7ClN4OS. The summed E-state index contributed by atoms with van der Waals surface area (Å²) in [6.45, 7) is 0. The molecule has 2 aromatic rings. The normalized spacial score (nSPS) is 12.6. The van der Waals surface area contributed by atoms with E-state index < -0.39 is 10.8 Å². The third-order valence-corrected chi connectivity index (χ3v) is 3.20. The quantitative estimate of drug-likeness (QED) is 0.753. The SMILES string of the molecule is O=S(CCl)c1nnnn1-c1ccccc1. The summed E-state index contributed by atoms with van der Waals surface area (Å²) in [6.07, 6.45) is 0. The van der Waals surface area contributed by atoms with Crippen molar-refractivity contribution < 1.29 is 4.21 Å². The van der Waals surface area contributed by atoms with Gasteiger partial charge >= 0.3 is 0 Å². The van der Waals surface area contributed by atoms with E-state index >= 15 is 0 Å². The Morgan fingerprint density at radius 2 is 2.07 bits per heavy atom. The lowest BCUT2D eigenvalue weighted by Gasteiger charge is -2.01. The molecule has 15 heavy (non-hydrogen) atoms. The highest BCUT2D eigenvalue weighted by molar-refractivity contribution is 7.86. The first kappa shape index (κ1) is 10.3. The van der Waals surface area contributed by atoms with Gasteiger partial charge in [-0.3, -0.25) is 0 Å². The molecule has 0 aliphatic heterocycles. The zero-order chi connectivity index (χ0) is 10.7. The molecule has 0 saturated heterocycles. The molecule has 0 saturated carbocycles. The highest BCUT2D eigenvalue weighted by Gasteiger charge is 2.13. The van der Waals surface area contributed by atoms with Crippen molar-refractivity contribution in [2.45, 2.75) is 5.16 Å². The van der Waals surface area contributed by atoms with Crippen LogP contribution in [-0.2, 0) is 10.8 Å². The van der Waals surface area contributed by atoms with Crippen molar-refractivity contribution in [3.05, 3.63) is 30.3 Å². The first-order valence-electron chi connectivity index (χ1n) is 4.11. The number of hydrogen-bond donors (Lipinski definition) is 0. The molecule has 0 fully saturated rings. The third kappa shape index (κ3) is 2.05. The summed E-state index contributed by atoms with van der Waals surface area (Å²) in [7, 11) is -1.38. The Hall–Kier alpha value is -1.27. The molecule has 0 spiro atoms. The Bertz CT molecular complexity index is 473. The molecule has 0 aliphatic carbocycles. The third-order valence-electron chi connectivity index (χ3n) is 1.74. The summed E-state index contributed by atoms with van der Waals surface area (Å²) < 4.78 is 12.9. The van der Waals surface area contributed by atoms with Crippen LogP contribution >= 0.6 is 11.6 Å². The molecule has 7 heteroatoms. The minimum absolute atomic E-state index is 0.0206. The van der Waals surface area contributed by atoms with Gasteiger partial charge in [-0.2, -0.15) is 4.68 Å². The summed E-state index contributed by atoms with van der Waals surface area (Å²) >= 11 is 5.49. The molecule has 5 nitrogen and oxygen atoms in total. The van der Waals surface area contributed by atoms with E-state index in [9.17, 15) is 4.21 Å². The number of halogens is 1. The number of alkyl halides is 1. The second kappa shape index (κ2) is 4.50. The van der Waals surface area contributed by atoms with Crippen LogP contribution in [0.1, 0.15) is 0 Å². The van der Waals surface area contributed by atoms with Crippen LogP contribution in [0.2, 0.25) is 0 Å². The van der Waals surface area contributed by atoms with Crippen LogP contribution in [0.5, 0.6) is 0 Å². The summed E-state index contributed by atoms with van der Waals surface area (Å²) in [5.41, 5.74) is 0.760. The van der Waals surface area contributed by atoms with Gasteiger partial charge in [0.05, 0.1) is 5.69 Å². The summed E-state index contributed by atoms with van der Waals surface area (Å²) in [6, 6.07) is 9.23. The second-order valence-electron chi connectivity index (χ2n) is 2.66. The Balaban J connectivity index is 2.46. The topological polar surface area (TPSA) is 60.7 Å². The number of para-hydroxylation sites is 1. The highest BCUT2D eigenvalue weighted by atomic mass is 35.5. The number of nitrogens with zero attached hydrogens (tertiary/aromatic N) is 4. The maximum absolute atomic E-state index is 11.5. The van der Waals surface area contributed by atoms with Crippen molar-refractivity contribution in [1.29, 1.82) is 0 Å². The zero-order valence-corrected chi connectivity index (χ0v) is 9.15. The second-order valence-corrected chi connectivity index (χ2v) is 4.59. The standard InChI is InChI=1S/C8H7ClN4OS/c9-6-15(14)8-10-11-12-13(8)7-4-2-1-3-5-7/h1-5H,6H2. The Morgan fingerprint density at radius 3 is 2.73 bits per heavy atom. The molecule has 1 unspecified atom stereocenters. The fourth-order valence-electron chi connectivity index (χ4n) is 1.10. The van der Waals surface area contributed by atoms with Crippen molar-refractivity contribution in [2.24, 2.45) is 0 Å². The maximum Gasteiger partial charge on any atom is 0.245 e. The fraction of sp³-hybridized carbons (Fsp3) is 0.125. The summed E-state index contributed by atoms with van der Waals surface area (Å²) in [4.78, 5) is 0. The van der Waals surface area contributed by atoms with Crippen molar-refractivity contribution in [3.63, 3.8) is 0 Å². The van der Waals surface area contributed by atoms with E-state index in [4.69, 9.17) is 11.6 Å². The first-order chi connectivity index (χ1) is 7.33. The van der Waals surface area contributed by atoms with Crippen LogP contribution in [-0.4, -0.2) is 29.6 Å². The molecule has 2 rings (SSSR count). The molecule has 1 aromatic carbocycles. The molecule has 0 amide bonds. The fourth-order valence-corrected chi connectivity index (χ4v) is 1.95. The van der Waals surface area contributed by atoms with Gasteiger partial charge in [0.1, 0.15) is 16.0 Å². The highest BCUT2D eigenvalue weighted by Crippen LogP contribution is 2.10. The van der Waals surface area contributed by atoms with Crippen molar-refractivity contribution in [2.75, 3.05) is 5.21 Å². The van der Waals surface area contributed by atoms with Gasteiger partial charge in [0.15, 0.2) is 0 Å². The monoisotopic (exact) mass is 242 g/mol. The molecule has 78 valence electrons. The molecule has 1 aromatic heterocycles. The molecule has 1 heterocycles. The average molecular weight is 243 g/mol. The van der Waals surface area contributed by atoms with Gasteiger partial charge in [-0.15, -0.1) is 11.6 Å². The lowest BCUT2D eigenvalue weighted by molar-refractivity contribution is 0.669. The number of aromatic nitrogens is 4. The lowest BCUT2D eigenvalue weighted by atomic mass is 10.3. The van der Waals surface area contributed by atoms with E-state index in [2.05, 4.69) is 15.5 Å². The Kier molecular flexibility index (Phi) is 3.08. The van der Waals surface area contributed by atoms with Gasteiger partial charge in [0.25, 0.3) is 0 Å². The number of benzene rings is 1. The lowest BCUT2D eigenvalue weighted by Crippen LogP contribution is -2.05. The zero-order valence-electron chi connectivity index (χ0n) is 7.58. The molecule has 0 N–H and O–H groups in total. The van der Waals surface area contributed by atoms with Crippen molar-refractivity contribution in [3.8, 4) is 5.69 Å². The van der Waals surface area contributed by atoms with Gasteiger partial charge in [-0.1, -0.05) is 23.3 Å². The molecule has 1 atom stereocenters. The van der Waals surface area contributed by atoms with Gasteiger partial charge in [0, 0.05) is 0 Å². The van der Waals surface area contributed by atoms with Gasteiger partial charge < -0.3 is 0 Å². The van der Waals surface area contributed by atoms with Gasteiger partial charge in [-0.05, 0) is 22.6 Å². The predicted molar refractivity (Wildman–Crippen MR) is 56.3 cm³/mol. The molecule has 0 radical (unpaired) electrons. The van der Waals surface area contributed by atoms with Gasteiger partial charge in [0.2, 0.25) is 5.16 Å². The van der Waals surface area contributed by atoms with Crippen LogP contribution in [0.4, 0.5) is 0 Å². The molecule has 0 aliphatic rings. The Morgan fingerprint density at radius 1 is 1.33 bits per heavy atom. The van der Waals surface area contributed by atoms with E-state index in [0.717, 1.165) is 5.69 Å². The van der Waals surface area contributed by atoms with Crippen LogP contribution in [0, 0.1) is 0 Å². The van der Waals surface area contributed by atoms with E-state index in [1.807, 2.05) is 30.3 Å². The molecular weight excluding hydrogens is 236 g/mol. The van der Waals surface area contributed by atoms with Crippen LogP contribution in [0.25, 0.3) is 5.69 Å². The van der Waals surface area contributed by atoms with Crippen molar-refractivity contribution >= 4 is 22.4 Å². The maximum atomic E-state index is 11.5. The Labute approximate surface area is 93.5 Å². The van der Waals surface area contributed by atoms with Crippen molar-refractivity contribution in [1.82, 2.24) is 20.2 Å². The van der Waals surface area contributed by atoms with E-state index in [-0.39, 0.29) is 10.4 Å². The molecule has 0 bridgehead atoms. The smallest absolute Gasteiger partial charge is 0.245 e. The number of tetrazole rings is 1. The summed E-state index contributed by atoms with van der Waals surface area (Å²) in [5.74, 6) is 0. The van der Waals surface area contributed by atoms with Crippen LogP contribution < -0.4 is 0 Å². The van der Waals surface area contributed by atoms with Gasteiger partial charge in [-0.25, -0.2) is 4.21 Å². The van der Waals surface area contributed by atoms with E-state index in [1.165, 1.54) is 4.68 Å². The van der Waals surface area contributed by atoms with Crippen LogP contribution in [0.3, 0.4) is 0 Å². The number of hydrogen-bond acceptors (Lipinski definition) is 4.